The zero-order valence-corrected chi connectivity index (χ0v) is 9.25. The highest BCUT2D eigenvalue weighted by atomic mass is 32.2. The molecular weight excluding hydrogens is 170 g/mol. The van der Waals surface area contributed by atoms with Crippen LogP contribution in [0, 0.1) is 0 Å². The Kier molecular flexibility index (Phi) is 9.57. The fraction of sp³-hybridized carbons (Fsp3) is 1.00. The van der Waals surface area contributed by atoms with Crippen LogP contribution in [-0.2, 0) is 4.74 Å². The summed E-state index contributed by atoms with van der Waals surface area (Å²) in [6.07, 6.45) is 4.52. The van der Waals surface area contributed by atoms with Crippen molar-refractivity contribution in [1.29, 1.82) is 0 Å². The molecule has 0 saturated heterocycles. The summed E-state index contributed by atoms with van der Waals surface area (Å²) in [5.41, 5.74) is 0. The molecule has 12 heavy (non-hydrogen) atoms. The number of hydrogen-bond acceptors (Lipinski definition) is 3. The maximum atomic E-state index is 4.96. The van der Waals surface area contributed by atoms with Gasteiger partial charge in [-0.1, -0.05) is 0 Å². The molecule has 1 atom stereocenters. The molecule has 2 nitrogen and oxygen atoms in total. The van der Waals surface area contributed by atoms with Gasteiger partial charge in [-0.05, 0) is 32.6 Å². The summed E-state index contributed by atoms with van der Waals surface area (Å²) >= 11 is 1.89. The Morgan fingerprint density at radius 2 is 2.17 bits per heavy atom. The van der Waals surface area contributed by atoms with Gasteiger partial charge in [0.05, 0.1) is 0 Å². The molecule has 0 bridgehead atoms. The second-order valence-electron chi connectivity index (χ2n) is 3.01. The monoisotopic (exact) mass is 191 g/mol. The summed E-state index contributed by atoms with van der Waals surface area (Å²) in [5.74, 6) is 1.20. The van der Waals surface area contributed by atoms with Gasteiger partial charge in [-0.15, -0.1) is 0 Å². The summed E-state index contributed by atoms with van der Waals surface area (Å²) in [6, 6.07) is 0.641. The second-order valence-corrected chi connectivity index (χ2v) is 3.92. The summed E-state index contributed by atoms with van der Waals surface area (Å²) in [5, 5.41) is 3.47. The van der Waals surface area contributed by atoms with Gasteiger partial charge >= 0.3 is 0 Å². The van der Waals surface area contributed by atoms with E-state index >= 15 is 0 Å². The molecule has 3 heteroatoms. The maximum absolute atomic E-state index is 4.96. The molecule has 74 valence electrons. The third kappa shape index (κ3) is 8.37. The van der Waals surface area contributed by atoms with E-state index in [1.54, 1.807) is 7.11 Å². The van der Waals surface area contributed by atoms with Crippen LogP contribution in [0.25, 0.3) is 0 Å². The number of ether oxygens (including phenoxy) is 1. The molecule has 0 aliphatic carbocycles. The SMILES string of the molecule is COCCCCNC(C)CSC. The molecule has 0 aromatic rings. The number of thioether (sulfide) groups is 1. The van der Waals surface area contributed by atoms with Crippen molar-refractivity contribution in [3.63, 3.8) is 0 Å². The largest absolute Gasteiger partial charge is 0.385 e. The Morgan fingerprint density at radius 3 is 2.75 bits per heavy atom. The standard InChI is InChI=1S/C9H21NOS/c1-9(8-12-3)10-6-4-5-7-11-2/h9-10H,4-8H2,1-3H3. The lowest BCUT2D eigenvalue weighted by Gasteiger charge is -2.11. The van der Waals surface area contributed by atoms with Crippen LogP contribution in [0.2, 0.25) is 0 Å². The molecule has 0 aromatic carbocycles. The zero-order valence-electron chi connectivity index (χ0n) is 8.43. The van der Waals surface area contributed by atoms with E-state index < -0.39 is 0 Å². The van der Waals surface area contributed by atoms with Crippen molar-refractivity contribution in [2.24, 2.45) is 0 Å². The van der Waals surface area contributed by atoms with E-state index in [0.29, 0.717) is 6.04 Å². The molecule has 0 saturated carbocycles. The molecule has 0 aromatic heterocycles. The van der Waals surface area contributed by atoms with Crippen LogP contribution >= 0.6 is 11.8 Å². The van der Waals surface area contributed by atoms with Gasteiger partial charge in [-0.3, -0.25) is 0 Å². The van der Waals surface area contributed by atoms with Gasteiger partial charge in [-0.2, -0.15) is 11.8 Å². The number of rotatable bonds is 8. The Balaban J connectivity index is 2.97. The van der Waals surface area contributed by atoms with Gasteiger partial charge in [0.15, 0.2) is 0 Å². The first kappa shape index (κ1) is 12.3. The van der Waals surface area contributed by atoms with Crippen molar-refractivity contribution in [1.82, 2.24) is 5.32 Å². The molecule has 0 radical (unpaired) electrons. The van der Waals surface area contributed by atoms with Crippen LogP contribution in [0.1, 0.15) is 19.8 Å². The number of unbranched alkanes of at least 4 members (excludes halogenated alkanes) is 1. The van der Waals surface area contributed by atoms with Gasteiger partial charge in [-0.25, -0.2) is 0 Å². The Bertz CT molecular complexity index is 90.6. The summed E-state index contributed by atoms with van der Waals surface area (Å²) in [6.45, 7) is 4.23. The lowest BCUT2D eigenvalue weighted by Crippen LogP contribution is -2.29. The highest BCUT2D eigenvalue weighted by molar-refractivity contribution is 7.98. The van der Waals surface area contributed by atoms with Gasteiger partial charge in [0.2, 0.25) is 0 Å². The molecule has 0 rings (SSSR count). The smallest absolute Gasteiger partial charge is 0.0462 e. The lowest BCUT2D eigenvalue weighted by atomic mass is 10.3. The van der Waals surface area contributed by atoms with Crippen LogP contribution in [0.15, 0.2) is 0 Å². The molecule has 1 unspecified atom stereocenters. The third-order valence-corrected chi connectivity index (χ3v) is 2.52. The highest BCUT2D eigenvalue weighted by Gasteiger charge is 1.97. The first-order chi connectivity index (χ1) is 5.81. The summed E-state index contributed by atoms with van der Waals surface area (Å²) in [7, 11) is 1.75. The topological polar surface area (TPSA) is 21.3 Å². The Hall–Kier alpha value is 0.270. The predicted molar refractivity (Wildman–Crippen MR) is 57.0 cm³/mol. The van der Waals surface area contributed by atoms with E-state index in [2.05, 4.69) is 18.5 Å². The van der Waals surface area contributed by atoms with Gasteiger partial charge in [0, 0.05) is 25.5 Å². The van der Waals surface area contributed by atoms with E-state index in [1.165, 1.54) is 12.2 Å². The molecule has 0 heterocycles. The first-order valence-electron chi connectivity index (χ1n) is 4.52. The van der Waals surface area contributed by atoms with Crippen LogP contribution < -0.4 is 5.32 Å². The van der Waals surface area contributed by atoms with Gasteiger partial charge in [0.1, 0.15) is 0 Å². The minimum Gasteiger partial charge on any atom is -0.385 e. The predicted octanol–water partition coefficient (Wildman–Crippen LogP) is 1.75. The van der Waals surface area contributed by atoms with Crippen molar-refractivity contribution in [3.8, 4) is 0 Å². The van der Waals surface area contributed by atoms with Crippen LogP contribution in [0.3, 0.4) is 0 Å². The quantitative estimate of drug-likeness (QED) is 0.591. The lowest BCUT2D eigenvalue weighted by molar-refractivity contribution is 0.192. The Morgan fingerprint density at radius 1 is 1.42 bits per heavy atom. The molecule has 1 N–H and O–H groups in total. The fourth-order valence-corrected chi connectivity index (χ4v) is 1.65. The van der Waals surface area contributed by atoms with Crippen LogP contribution in [-0.4, -0.2) is 38.3 Å². The van der Waals surface area contributed by atoms with Crippen LogP contribution in [0.4, 0.5) is 0 Å². The van der Waals surface area contributed by atoms with Crippen LogP contribution in [0.5, 0.6) is 0 Å². The summed E-state index contributed by atoms with van der Waals surface area (Å²) < 4.78 is 4.96. The minimum absolute atomic E-state index is 0.641. The van der Waals surface area contributed by atoms with E-state index in [9.17, 15) is 0 Å². The van der Waals surface area contributed by atoms with Crippen molar-refractivity contribution < 1.29 is 4.74 Å². The molecule has 0 spiro atoms. The van der Waals surface area contributed by atoms with Crippen molar-refractivity contribution in [2.75, 3.05) is 32.3 Å². The fourth-order valence-electron chi connectivity index (χ4n) is 1.03. The van der Waals surface area contributed by atoms with E-state index in [-0.39, 0.29) is 0 Å². The molecule has 0 aliphatic heterocycles. The Labute approximate surface area is 80.4 Å². The van der Waals surface area contributed by atoms with Gasteiger partial charge < -0.3 is 10.1 Å². The molecule has 0 amide bonds. The first-order valence-corrected chi connectivity index (χ1v) is 5.92. The van der Waals surface area contributed by atoms with E-state index in [1.807, 2.05) is 11.8 Å². The number of methoxy groups -OCH3 is 1. The van der Waals surface area contributed by atoms with Crippen molar-refractivity contribution in [3.05, 3.63) is 0 Å². The van der Waals surface area contributed by atoms with Gasteiger partial charge in [0.25, 0.3) is 0 Å². The van der Waals surface area contributed by atoms with Crippen molar-refractivity contribution >= 4 is 11.8 Å². The maximum Gasteiger partial charge on any atom is 0.0462 e. The molecular formula is C9H21NOS. The number of hydrogen-bond donors (Lipinski definition) is 1. The van der Waals surface area contributed by atoms with E-state index in [4.69, 9.17) is 4.74 Å². The van der Waals surface area contributed by atoms with E-state index in [0.717, 1.165) is 19.6 Å². The van der Waals surface area contributed by atoms with Crippen molar-refractivity contribution in [2.45, 2.75) is 25.8 Å². The summed E-state index contributed by atoms with van der Waals surface area (Å²) in [4.78, 5) is 0. The third-order valence-electron chi connectivity index (χ3n) is 1.68. The minimum atomic E-state index is 0.641. The average molecular weight is 191 g/mol. The zero-order chi connectivity index (χ0) is 9.23. The average Bonchev–Trinajstić information content (AvgIpc) is 2.05. The number of nitrogens with one attached hydrogen (secondary N) is 1. The molecule has 0 fully saturated rings. The molecule has 0 aliphatic rings. The second kappa shape index (κ2) is 9.36. The highest BCUT2D eigenvalue weighted by Crippen LogP contribution is 1.96. The normalized spacial score (nSPS) is 13.2.